The summed E-state index contributed by atoms with van der Waals surface area (Å²) in [6.45, 7) is 8.74. The highest BCUT2D eigenvalue weighted by Crippen LogP contribution is 2.23. The van der Waals surface area contributed by atoms with Gasteiger partial charge in [-0.05, 0) is 20.3 Å². The molecule has 5 atom stereocenters. The average molecular weight is 300 g/mol. The summed E-state index contributed by atoms with van der Waals surface area (Å²) in [5.41, 5.74) is 0. The summed E-state index contributed by atoms with van der Waals surface area (Å²) < 4.78 is 17.6. The van der Waals surface area contributed by atoms with E-state index >= 15 is 0 Å². The highest BCUT2D eigenvalue weighted by Gasteiger charge is 2.36. The first kappa shape index (κ1) is 15.6. The number of nitrogens with zero attached hydrogens (tertiary/aromatic N) is 1. The third kappa shape index (κ3) is 3.75. The first-order valence-corrected chi connectivity index (χ1v) is 8.19. The maximum Gasteiger partial charge on any atom is 0.159 e. The van der Waals surface area contributed by atoms with Crippen LogP contribution >= 0.6 is 0 Å². The van der Waals surface area contributed by atoms with Gasteiger partial charge in [-0.3, -0.25) is 4.90 Å². The molecule has 3 aliphatic heterocycles. The summed E-state index contributed by atoms with van der Waals surface area (Å²) in [6.07, 6.45) is 0.559. The average Bonchev–Trinajstić information content (AvgIpc) is 2.54. The van der Waals surface area contributed by atoms with Crippen LogP contribution in [0.1, 0.15) is 26.7 Å². The highest BCUT2D eigenvalue weighted by molar-refractivity contribution is 4.87. The van der Waals surface area contributed by atoms with Crippen LogP contribution in [0.3, 0.4) is 0 Å². The van der Waals surface area contributed by atoms with Crippen LogP contribution in [0.2, 0.25) is 0 Å². The normalized spacial score (nSPS) is 43.3. The third-order valence-corrected chi connectivity index (χ3v) is 4.75. The molecule has 0 spiro atoms. The number of hydrogen-bond acceptors (Lipinski definition) is 6. The number of ether oxygens (including phenoxy) is 3. The molecule has 6 heteroatoms. The largest absolute Gasteiger partial charge is 0.390 e. The minimum Gasteiger partial charge on any atom is -0.390 e. The molecule has 0 aromatic rings. The van der Waals surface area contributed by atoms with Crippen molar-refractivity contribution in [1.29, 1.82) is 0 Å². The smallest absolute Gasteiger partial charge is 0.159 e. The van der Waals surface area contributed by atoms with Crippen LogP contribution in [-0.2, 0) is 14.2 Å². The van der Waals surface area contributed by atoms with Crippen molar-refractivity contribution in [3.63, 3.8) is 0 Å². The van der Waals surface area contributed by atoms with Crippen molar-refractivity contribution in [3.05, 3.63) is 0 Å². The highest BCUT2D eigenvalue weighted by atomic mass is 16.7. The van der Waals surface area contributed by atoms with E-state index in [2.05, 4.69) is 17.1 Å². The van der Waals surface area contributed by atoms with E-state index < -0.39 is 6.10 Å². The lowest BCUT2D eigenvalue weighted by molar-refractivity contribution is -0.243. The Morgan fingerprint density at radius 3 is 2.71 bits per heavy atom. The molecule has 0 aromatic carbocycles. The molecule has 122 valence electrons. The Morgan fingerprint density at radius 2 is 2.05 bits per heavy atom. The second-order valence-corrected chi connectivity index (χ2v) is 6.50. The molecule has 0 aliphatic carbocycles. The Balaban J connectivity index is 1.55. The number of aliphatic hydroxyl groups is 1. The van der Waals surface area contributed by atoms with Gasteiger partial charge in [-0.1, -0.05) is 0 Å². The van der Waals surface area contributed by atoms with Gasteiger partial charge in [0.25, 0.3) is 0 Å². The number of hydrogen-bond donors (Lipinski definition) is 2. The molecule has 0 saturated carbocycles. The minimum absolute atomic E-state index is 0.0807. The lowest BCUT2D eigenvalue weighted by Gasteiger charge is -2.38. The van der Waals surface area contributed by atoms with Crippen molar-refractivity contribution in [2.24, 2.45) is 0 Å². The molecule has 3 rings (SSSR count). The fourth-order valence-corrected chi connectivity index (χ4v) is 3.35. The van der Waals surface area contributed by atoms with E-state index in [4.69, 9.17) is 14.2 Å². The van der Waals surface area contributed by atoms with Gasteiger partial charge in [-0.15, -0.1) is 0 Å². The lowest BCUT2D eigenvalue weighted by atomic mass is 10.0. The van der Waals surface area contributed by atoms with Gasteiger partial charge in [0.1, 0.15) is 6.10 Å². The summed E-state index contributed by atoms with van der Waals surface area (Å²) >= 11 is 0. The number of rotatable bonds is 3. The molecule has 3 fully saturated rings. The molecule has 6 nitrogen and oxygen atoms in total. The van der Waals surface area contributed by atoms with E-state index in [0.29, 0.717) is 19.1 Å². The van der Waals surface area contributed by atoms with Gasteiger partial charge < -0.3 is 24.6 Å². The van der Waals surface area contributed by atoms with Crippen LogP contribution in [0.25, 0.3) is 0 Å². The molecule has 3 aliphatic rings. The summed E-state index contributed by atoms with van der Waals surface area (Å²) in [4.78, 5) is 2.49. The molecule has 0 radical (unpaired) electrons. The maximum absolute atomic E-state index is 10.1. The molecule has 0 aromatic heterocycles. The summed E-state index contributed by atoms with van der Waals surface area (Å²) in [5.74, 6) is 0. The van der Waals surface area contributed by atoms with E-state index in [-0.39, 0.29) is 24.6 Å². The predicted molar refractivity (Wildman–Crippen MR) is 78.1 cm³/mol. The van der Waals surface area contributed by atoms with Crippen molar-refractivity contribution in [2.45, 2.75) is 63.4 Å². The van der Waals surface area contributed by atoms with Gasteiger partial charge in [0.05, 0.1) is 18.3 Å². The zero-order valence-electron chi connectivity index (χ0n) is 13.0. The van der Waals surface area contributed by atoms with E-state index in [1.807, 2.05) is 6.92 Å². The van der Waals surface area contributed by atoms with Crippen LogP contribution in [0.5, 0.6) is 0 Å². The zero-order valence-corrected chi connectivity index (χ0v) is 13.0. The molecular weight excluding hydrogens is 272 g/mol. The van der Waals surface area contributed by atoms with Crippen molar-refractivity contribution in [1.82, 2.24) is 10.2 Å². The van der Waals surface area contributed by atoms with Crippen LogP contribution in [-0.4, -0.2) is 79.5 Å². The van der Waals surface area contributed by atoms with Crippen LogP contribution in [0, 0.1) is 0 Å². The van der Waals surface area contributed by atoms with E-state index in [1.165, 1.54) is 0 Å². The SMILES string of the molecule is C[C@H]1CN(C2CNC2)CCC(O[C@H]2[C@@H](O)CCO[C@@H]2C)O1. The molecular formula is C15H28N2O4. The van der Waals surface area contributed by atoms with Gasteiger partial charge in [-0.25, -0.2) is 0 Å². The molecule has 3 heterocycles. The Kier molecular flexibility index (Phi) is 5.14. The van der Waals surface area contributed by atoms with Crippen molar-refractivity contribution in [3.8, 4) is 0 Å². The van der Waals surface area contributed by atoms with Crippen LogP contribution in [0.4, 0.5) is 0 Å². The fourth-order valence-electron chi connectivity index (χ4n) is 3.35. The van der Waals surface area contributed by atoms with Gasteiger partial charge in [0.15, 0.2) is 6.29 Å². The summed E-state index contributed by atoms with van der Waals surface area (Å²) in [7, 11) is 0. The Hall–Kier alpha value is -0.240. The number of aliphatic hydroxyl groups excluding tert-OH is 1. The van der Waals surface area contributed by atoms with Crippen molar-refractivity contribution < 1.29 is 19.3 Å². The quantitative estimate of drug-likeness (QED) is 0.762. The molecule has 21 heavy (non-hydrogen) atoms. The standard InChI is InChI=1S/C15H28N2O4/c1-10-9-17(12-7-16-8-12)5-3-14(20-10)21-15-11(2)19-6-4-13(15)18/h10-16,18H,3-9H2,1-2H3/t10-,11+,13-,14?,15+/m0/s1. The topological polar surface area (TPSA) is 63.2 Å². The second-order valence-electron chi connectivity index (χ2n) is 6.50. The van der Waals surface area contributed by atoms with Crippen LogP contribution in [0.15, 0.2) is 0 Å². The second kappa shape index (κ2) is 6.89. The van der Waals surface area contributed by atoms with E-state index in [0.717, 1.165) is 32.6 Å². The van der Waals surface area contributed by atoms with Crippen LogP contribution < -0.4 is 5.32 Å². The maximum atomic E-state index is 10.1. The first-order chi connectivity index (χ1) is 10.1. The summed E-state index contributed by atoms with van der Waals surface area (Å²) in [5, 5.41) is 13.4. The molecule has 1 unspecified atom stereocenters. The van der Waals surface area contributed by atoms with Gasteiger partial charge in [0.2, 0.25) is 0 Å². The monoisotopic (exact) mass is 300 g/mol. The van der Waals surface area contributed by atoms with E-state index in [1.54, 1.807) is 0 Å². The zero-order chi connectivity index (χ0) is 14.8. The minimum atomic E-state index is -0.456. The summed E-state index contributed by atoms with van der Waals surface area (Å²) in [6, 6.07) is 0.636. The van der Waals surface area contributed by atoms with E-state index in [9.17, 15) is 5.11 Å². The first-order valence-electron chi connectivity index (χ1n) is 8.19. The van der Waals surface area contributed by atoms with Gasteiger partial charge in [-0.2, -0.15) is 0 Å². The van der Waals surface area contributed by atoms with Gasteiger partial charge in [0, 0.05) is 45.2 Å². The lowest BCUT2D eigenvalue weighted by Crippen LogP contribution is -2.58. The molecule has 3 saturated heterocycles. The van der Waals surface area contributed by atoms with Crippen molar-refractivity contribution >= 4 is 0 Å². The Morgan fingerprint density at radius 1 is 1.24 bits per heavy atom. The van der Waals surface area contributed by atoms with Gasteiger partial charge >= 0.3 is 0 Å². The molecule has 0 bridgehead atoms. The Labute approximate surface area is 126 Å². The fraction of sp³-hybridized carbons (Fsp3) is 1.00. The third-order valence-electron chi connectivity index (χ3n) is 4.75. The predicted octanol–water partition coefficient (Wildman–Crippen LogP) is -0.0500. The van der Waals surface area contributed by atoms with Crippen molar-refractivity contribution in [2.75, 3.05) is 32.8 Å². The number of nitrogens with one attached hydrogen (secondary N) is 1. The Bertz CT molecular complexity index is 330. The molecule has 2 N–H and O–H groups in total. The molecule has 0 amide bonds.